The Morgan fingerprint density at radius 1 is 1.24 bits per heavy atom. The quantitative estimate of drug-likeness (QED) is 0.813. The predicted octanol–water partition coefficient (Wildman–Crippen LogP) is 0.198. The molecule has 7 heteroatoms. The first kappa shape index (κ1) is 17.3. The van der Waals surface area contributed by atoms with Crippen LogP contribution in [0.5, 0.6) is 0 Å². The lowest BCUT2D eigenvalue weighted by atomic mass is 10.1. The maximum absolute atomic E-state index is 13.0. The molecule has 2 heterocycles. The Bertz CT molecular complexity index is 686. The summed E-state index contributed by atoms with van der Waals surface area (Å²) in [6.45, 7) is 5.76. The molecule has 0 radical (unpaired) electrons. The van der Waals surface area contributed by atoms with Crippen molar-refractivity contribution in [2.75, 3.05) is 37.6 Å². The molecular formula is C18H23FN5O+. The van der Waals surface area contributed by atoms with Crippen LogP contribution >= 0.6 is 0 Å². The highest BCUT2D eigenvalue weighted by molar-refractivity contribution is 5.77. The van der Waals surface area contributed by atoms with Crippen molar-refractivity contribution in [3.8, 4) is 0 Å². The van der Waals surface area contributed by atoms with Gasteiger partial charge < -0.3 is 15.1 Å². The lowest BCUT2D eigenvalue weighted by Crippen LogP contribution is -3.16. The van der Waals surface area contributed by atoms with Crippen LogP contribution in [-0.4, -0.2) is 48.6 Å². The summed E-state index contributed by atoms with van der Waals surface area (Å²) in [6.07, 6.45) is 3.48. The van der Waals surface area contributed by atoms with Gasteiger partial charge in [-0.25, -0.2) is 14.4 Å². The van der Waals surface area contributed by atoms with Crippen LogP contribution in [-0.2, 0) is 4.79 Å². The molecule has 0 bridgehead atoms. The number of benzene rings is 1. The van der Waals surface area contributed by atoms with E-state index < -0.39 is 0 Å². The fourth-order valence-corrected chi connectivity index (χ4v) is 3.01. The number of rotatable bonds is 5. The first-order valence-corrected chi connectivity index (χ1v) is 8.52. The highest BCUT2D eigenvalue weighted by Gasteiger charge is 2.24. The van der Waals surface area contributed by atoms with Gasteiger partial charge in [0.25, 0.3) is 5.91 Å². The maximum atomic E-state index is 13.0. The molecular weight excluding hydrogens is 321 g/mol. The summed E-state index contributed by atoms with van der Waals surface area (Å²) in [6, 6.07) is 7.89. The standard InChI is InChI=1S/C18H22FN5O/c1-14(15-3-5-16(19)6-4-15)22-17(25)13-23-9-11-24(12-10-23)18-20-7-2-8-21-18/h2-8,14H,9-13H2,1H3,(H,22,25)/p+1/t14-/m0/s1. The van der Waals surface area contributed by atoms with E-state index in [9.17, 15) is 9.18 Å². The van der Waals surface area contributed by atoms with Crippen molar-refractivity contribution < 1.29 is 14.1 Å². The largest absolute Gasteiger partial charge is 0.345 e. The normalized spacial score (nSPS) is 16.5. The number of amides is 1. The Morgan fingerprint density at radius 2 is 1.88 bits per heavy atom. The molecule has 0 unspecified atom stereocenters. The summed E-state index contributed by atoms with van der Waals surface area (Å²) < 4.78 is 13.0. The molecule has 3 rings (SSSR count). The molecule has 1 aromatic carbocycles. The van der Waals surface area contributed by atoms with Crippen molar-refractivity contribution in [1.82, 2.24) is 15.3 Å². The Morgan fingerprint density at radius 3 is 2.52 bits per heavy atom. The third-order valence-electron chi connectivity index (χ3n) is 4.46. The molecule has 25 heavy (non-hydrogen) atoms. The predicted molar refractivity (Wildman–Crippen MR) is 92.8 cm³/mol. The van der Waals surface area contributed by atoms with Gasteiger partial charge in [-0.15, -0.1) is 0 Å². The van der Waals surface area contributed by atoms with Crippen molar-refractivity contribution in [3.05, 3.63) is 54.1 Å². The van der Waals surface area contributed by atoms with Gasteiger partial charge >= 0.3 is 0 Å². The number of hydrogen-bond acceptors (Lipinski definition) is 4. The van der Waals surface area contributed by atoms with Gasteiger partial charge in [-0.1, -0.05) is 12.1 Å². The topological polar surface area (TPSA) is 62.6 Å². The van der Waals surface area contributed by atoms with Gasteiger partial charge in [-0.2, -0.15) is 0 Å². The molecule has 1 aromatic heterocycles. The zero-order valence-corrected chi connectivity index (χ0v) is 14.3. The zero-order chi connectivity index (χ0) is 17.6. The number of carbonyl (C=O) groups excluding carboxylic acids is 1. The Balaban J connectivity index is 1.45. The summed E-state index contributed by atoms with van der Waals surface area (Å²) >= 11 is 0. The molecule has 1 aliphatic heterocycles. The number of nitrogens with one attached hydrogen (secondary N) is 2. The second-order valence-electron chi connectivity index (χ2n) is 6.30. The number of anilines is 1. The lowest BCUT2D eigenvalue weighted by Gasteiger charge is -2.31. The van der Waals surface area contributed by atoms with Crippen molar-refractivity contribution in [3.63, 3.8) is 0 Å². The molecule has 0 spiro atoms. The van der Waals surface area contributed by atoms with E-state index in [1.807, 2.05) is 6.92 Å². The van der Waals surface area contributed by atoms with Crippen molar-refractivity contribution in [2.45, 2.75) is 13.0 Å². The first-order valence-electron chi connectivity index (χ1n) is 8.52. The van der Waals surface area contributed by atoms with E-state index in [1.54, 1.807) is 30.6 Å². The molecule has 6 nitrogen and oxygen atoms in total. The number of hydrogen-bond donors (Lipinski definition) is 2. The first-order chi connectivity index (χ1) is 12.1. The van der Waals surface area contributed by atoms with Gasteiger partial charge in [-0.05, 0) is 30.7 Å². The number of piperazine rings is 1. The van der Waals surface area contributed by atoms with Gasteiger partial charge in [0.15, 0.2) is 6.54 Å². The Kier molecular flexibility index (Phi) is 5.55. The van der Waals surface area contributed by atoms with Gasteiger partial charge in [0.1, 0.15) is 5.82 Å². The second kappa shape index (κ2) is 8.02. The molecule has 132 valence electrons. The summed E-state index contributed by atoms with van der Waals surface area (Å²) in [5.41, 5.74) is 0.899. The van der Waals surface area contributed by atoms with Crippen molar-refractivity contribution in [1.29, 1.82) is 0 Å². The van der Waals surface area contributed by atoms with Crippen LogP contribution in [0.4, 0.5) is 10.3 Å². The van der Waals surface area contributed by atoms with Gasteiger partial charge in [0.05, 0.1) is 32.2 Å². The highest BCUT2D eigenvalue weighted by atomic mass is 19.1. The maximum Gasteiger partial charge on any atom is 0.275 e. The zero-order valence-electron chi connectivity index (χ0n) is 14.3. The number of quaternary nitrogens is 1. The average molecular weight is 344 g/mol. The summed E-state index contributed by atoms with van der Waals surface area (Å²) in [5, 5.41) is 2.99. The monoisotopic (exact) mass is 344 g/mol. The van der Waals surface area contributed by atoms with Gasteiger partial charge in [0.2, 0.25) is 5.95 Å². The van der Waals surface area contributed by atoms with E-state index in [0.717, 1.165) is 37.7 Å². The number of aromatic nitrogens is 2. The number of halogens is 1. The van der Waals surface area contributed by atoms with Gasteiger partial charge in [-0.3, -0.25) is 4.79 Å². The Hall–Kier alpha value is -2.54. The van der Waals surface area contributed by atoms with E-state index in [0.29, 0.717) is 6.54 Å². The second-order valence-corrected chi connectivity index (χ2v) is 6.30. The highest BCUT2D eigenvalue weighted by Crippen LogP contribution is 2.12. The average Bonchev–Trinajstić information content (AvgIpc) is 2.63. The van der Waals surface area contributed by atoms with E-state index >= 15 is 0 Å². The Labute approximate surface area is 146 Å². The van der Waals surface area contributed by atoms with Crippen molar-refractivity contribution in [2.24, 2.45) is 0 Å². The smallest absolute Gasteiger partial charge is 0.275 e. The van der Waals surface area contributed by atoms with Crippen LogP contribution in [0.15, 0.2) is 42.7 Å². The van der Waals surface area contributed by atoms with E-state index in [-0.39, 0.29) is 17.8 Å². The molecule has 2 aromatic rings. The van der Waals surface area contributed by atoms with Crippen LogP contribution < -0.4 is 15.1 Å². The van der Waals surface area contributed by atoms with Crippen molar-refractivity contribution >= 4 is 11.9 Å². The van der Waals surface area contributed by atoms with Crippen LogP contribution in [0.25, 0.3) is 0 Å². The van der Waals surface area contributed by atoms with Crippen LogP contribution in [0.1, 0.15) is 18.5 Å². The molecule has 1 saturated heterocycles. The number of carbonyl (C=O) groups is 1. The SMILES string of the molecule is C[C@H](NC(=O)C[NH+]1CCN(c2ncccn2)CC1)c1ccc(F)cc1. The molecule has 1 amide bonds. The van der Waals surface area contributed by atoms with Gasteiger partial charge in [0, 0.05) is 12.4 Å². The lowest BCUT2D eigenvalue weighted by molar-refractivity contribution is -0.892. The minimum absolute atomic E-state index is 0.0104. The van der Waals surface area contributed by atoms with E-state index in [1.165, 1.54) is 17.0 Å². The minimum atomic E-state index is -0.271. The number of nitrogens with zero attached hydrogens (tertiary/aromatic N) is 3. The summed E-state index contributed by atoms with van der Waals surface area (Å²) in [7, 11) is 0. The third kappa shape index (κ3) is 4.73. The van der Waals surface area contributed by atoms with Crippen LogP contribution in [0.3, 0.4) is 0 Å². The summed E-state index contributed by atoms with van der Waals surface area (Å²) in [4.78, 5) is 24.2. The molecule has 0 aliphatic carbocycles. The van der Waals surface area contributed by atoms with Crippen LogP contribution in [0.2, 0.25) is 0 Å². The third-order valence-corrected chi connectivity index (χ3v) is 4.46. The van der Waals surface area contributed by atoms with Crippen LogP contribution in [0, 0.1) is 5.82 Å². The molecule has 1 fully saturated rings. The summed E-state index contributed by atoms with van der Waals surface area (Å²) in [5.74, 6) is 0.485. The minimum Gasteiger partial charge on any atom is -0.345 e. The van der Waals surface area contributed by atoms with E-state index in [4.69, 9.17) is 0 Å². The molecule has 1 aliphatic rings. The fourth-order valence-electron chi connectivity index (χ4n) is 3.01. The van der Waals surface area contributed by atoms with E-state index in [2.05, 4.69) is 20.2 Å². The molecule has 2 N–H and O–H groups in total. The molecule has 0 saturated carbocycles. The fraction of sp³-hybridized carbons (Fsp3) is 0.389. The molecule has 1 atom stereocenters.